The summed E-state index contributed by atoms with van der Waals surface area (Å²) in [5.74, 6) is 2.57. The molecule has 6 rings (SSSR count). The Morgan fingerprint density at radius 2 is 2.00 bits per heavy atom. The molecule has 7 nitrogen and oxygen atoms in total. The molecule has 196 valence electrons. The summed E-state index contributed by atoms with van der Waals surface area (Å²) >= 11 is 0. The van der Waals surface area contributed by atoms with Crippen LogP contribution in [0.1, 0.15) is 44.7 Å². The SMILES string of the molecule is C[C@H]1OC(=O)[C@@H]2C[C@@H]3CCCC[C@H]3[C@H](/C=C/c3ccc4cc(OCC(=O)N5CCOCC5)ccc4n3)[C@H]12. The zero-order chi connectivity index (χ0) is 25.4. The maximum atomic E-state index is 12.6. The maximum Gasteiger partial charge on any atom is 0.309 e. The van der Waals surface area contributed by atoms with Gasteiger partial charge in [-0.05, 0) is 67.9 Å². The number of pyridine rings is 1. The van der Waals surface area contributed by atoms with Crippen molar-refractivity contribution in [3.05, 3.63) is 42.1 Å². The van der Waals surface area contributed by atoms with Crippen LogP contribution < -0.4 is 4.74 Å². The number of rotatable bonds is 5. The summed E-state index contributed by atoms with van der Waals surface area (Å²) in [4.78, 5) is 31.6. The second-order valence-electron chi connectivity index (χ2n) is 11.1. The lowest BCUT2D eigenvalue weighted by Gasteiger charge is -2.45. The van der Waals surface area contributed by atoms with Crippen molar-refractivity contribution >= 4 is 28.9 Å². The lowest BCUT2D eigenvalue weighted by Crippen LogP contribution is -2.42. The van der Waals surface area contributed by atoms with Gasteiger partial charge in [-0.2, -0.15) is 0 Å². The van der Waals surface area contributed by atoms with E-state index in [0.29, 0.717) is 49.8 Å². The number of hydrogen-bond donors (Lipinski definition) is 0. The highest BCUT2D eigenvalue weighted by atomic mass is 16.6. The van der Waals surface area contributed by atoms with Crippen LogP contribution in [0, 0.1) is 29.6 Å². The molecule has 1 aromatic carbocycles. The molecule has 1 amide bonds. The first-order valence-electron chi connectivity index (χ1n) is 13.8. The van der Waals surface area contributed by atoms with Crippen molar-refractivity contribution in [1.82, 2.24) is 9.88 Å². The largest absolute Gasteiger partial charge is 0.484 e. The molecule has 7 heteroatoms. The molecular formula is C30H36N2O5. The number of morpholine rings is 1. The molecular weight excluding hydrogens is 468 g/mol. The van der Waals surface area contributed by atoms with Gasteiger partial charge < -0.3 is 19.1 Å². The van der Waals surface area contributed by atoms with Gasteiger partial charge in [0.25, 0.3) is 5.91 Å². The summed E-state index contributed by atoms with van der Waals surface area (Å²) in [6, 6.07) is 9.83. The Kier molecular flexibility index (Phi) is 6.89. The first-order valence-corrected chi connectivity index (χ1v) is 13.8. The molecule has 0 spiro atoms. The van der Waals surface area contributed by atoms with E-state index in [1.54, 1.807) is 4.90 Å². The average molecular weight is 505 g/mol. The summed E-state index contributed by atoms with van der Waals surface area (Å²) in [6.07, 6.45) is 10.5. The highest BCUT2D eigenvalue weighted by molar-refractivity contribution is 5.82. The molecule has 1 aromatic heterocycles. The van der Waals surface area contributed by atoms with E-state index in [0.717, 1.165) is 23.0 Å². The molecule has 3 heterocycles. The second kappa shape index (κ2) is 10.4. The standard InChI is InChI=1S/C30H36N2O5/c1-19-29-25(24-5-3-2-4-20(24)17-26(29)30(34)37-19)10-8-22-7-6-21-16-23(9-11-27(21)31-22)36-18-28(33)32-12-14-35-15-13-32/h6-11,16,19-20,24-26,29H,2-5,12-15,17-18H2,1H3/b10-8+/t19-,20+,24-,25+,26-,29+/m1/s1. The summed E-state index contributed by atoms with van der Waals surface area (Å²) in [6.45, 7) is 4.49. The smallest absolute Gasteiger partial charge is 0.309 e. The predicted octanol–water partition coefficient (Wildman–Crippen LogP) is 4.49. The Morgan fingerprint density at radius 3 is 2.86 bits per heavy atom. The van der Waals surface area contributed by atoms with Gasteiger partial charge in [0, 0.05) is 24.4 Å². The summed E-state index contributed by atoms with van der Waals surface area (Å²) in [5, 5.41) is 0.974. The summed E-state index contributed by atoms with van der Waals surface area (Å²) in [7, 11) is 0. The third kappa shape index (κ3) is 4.98. The number of carbonyl (C=O) groups is 2. The Labute approximate surface area is 218 Å². The Hall–Kier alpha value is -2.93. The van der Waals surface area contributed by atoms with Crippen molar-refractivity contribution in [2.24, 2.45) is 29.6 Å². The number of amides is 1. The van der Waals surface area contributed by atoms with Crippen LogP contribution in [-0.4, -0.2) is 60.8 Å². The van der Waals surface area contributed by atoms with E-state index in [4.69, 9.17) is 19.2 Å². The molecule has 0 N–H and O–H groups in total. The number of fused-ring (bicyclic) bond motifs is 3. The van der Waals surface area contributed by atoms with Crippen LogP contribution in [0.2, 0.25) is 0 Å². The van der Waals surface area contributed by atoms with Gasteiger partial charge in [-0.3, -0.25) is 9.59 Å². The highest BCUT2D eigenvalue weighted by Crippen LogP contribution is 2.53. The van der Waals surface area contributed by atoms with Gasteiger partial charge in [0.05, 0.1) is 30.3 Å². The van der Waals surface area contributed by atoms with E-state index < -0.39 is 0 Å². The molecule has 2 aliphatic heterocycles. The van der Waals surface area contributed by atoms with Gasteiger partial charge >= 0.3 is 5.97 Å². The summed E-state index contributed by atoms with van der Waals surface area (Å²) in [5.41, 5.74) is 1.80. The number of nitrogens with zero attached hydrogens (tertiary/aromatic N) is 2. The predicted molar refractivity (Wildman–Crippen MR) is 140 cm³/mol. The fourth-order valence-electron chi connectivity index (χ4n) is 7.15. The third-order valence-electron chi connectivity index (χ3n) is 8.97. The van der Waals surface area contributed by atoms with Gasteiger partial charge in [0.2, 0.25) is 0 Å². The minimum atomic E-state index is -0.0202. The lowest BCUT2D eigenvalue weighted by molar-refractivity contribution is -0.144. The zero-order valence-corrected chi connectivity index (χ0v) is 21.5. The van der Waals surface area contributed by atoms with Crippen molar-refractivity contribution in [2.45, 2.75) is 45.1 Å². The fourth-order valence-corrected chi connectivity index (χ4v) is 7.15. The van der Waals surface area contributed by atoms with Crippen molar-refractivity contribution in [3.8, 4) is 5.75 Å². The number of ether oxygens (including phenoxy) is 3. The number of esters is 1. The number of allylic oxidation sites excluding steroid dienone is 1. The van der Waals surface area contributed by atoms with Crippen LogP contribution in [0.25, 0.3) is 17.0 Å². The van der Waals surface area contributed by atoms with Crippen LogP contribution in [0.4, 0.5) is 0 Å². The Morgan fingerprint density at radius 1 is 1.16 bits per heavy atom. The molecule has 2 aromatic rings. The second-order valence-corrected chi connectivity index (χ2v) is 11.1. The zero-order valence-electron chi connectivity index (χ0n) is 21.5. The van der Waals surface area contributed by atoms with Gasteiger partial charge in [0.1, 0.15) is 11.9 Å². The Balaban J connectivity index is 1.16. The van der Waals surface area contributed by atoms with Crippen LogP contribution in [0.3, 0.4) is 0 Å². The topological polar surface area (TPSA) is 78.0 Å². The van der Waals surface area contributed by atoms with Crippen LogP contribution in [0.5, 0.6) is 5.75 Å². The Bertz CT molecular complexity index is 1190. The van der Waals surface area contributed by atoms with Crippen molar-refractivity contribution in [2.75, 3.05) is 32.9 Å². The molecule has 2 aliphatic carbocycles. The average Bonchev–Trinajstić information content (AvgIpc) is 3.22. The number of benzene rings is 1. The number of hydrogen-bond acceptors (Lipinski definition) is 6. The van der Waals surface area contributed by atoms with Crippen LogP contribution >= 0.6 is 0 Å². The van der Waals surface area contributed by atoms with Gasteiger partial charge in [-0.1, -0.05) is 31.4 Å². The first kappa shape index (κ1) is 24.4. The third-order valence-corrected chi connectivity index (χ3v) is 8.97. The molecule has 2 saturated heterocycles. The normalized spacial score (nSPS) is 31.7. The minimum Gasteiger partial charge on any atom is -0.484 e. The first-order chi connectivity index (χ1) is 18.1. The van der Waals surface area contributed by atoms with Crippen molar-refractivity contribution < 1.29 is 23.8 Å². The highest BCUT2D eigenvalue weighted by Gasteiger charge is 2.53. The molecule has 2 saturated carbocycles. The van der Waals surface area contributed by atoms with E-state index in [1.807, 2.05) is 24.3 Å². The van der Waals surface area contributed by atoms with E-state index in [2.05, 4.69) is 25.1 Å². The number of carbonyl (C=O) groups excluding carboxylic acids is 2. The summed E-state index contributed by atoms with van der Waals surface area (Å²) < 4.78 is 16.8. The van der Waals surface area contributed by atoms with Crippen molar-refractivity contribution in [3.63, 3.8) is 0 Å². The van der Waals surface area contributed by atoms with Crippen LogP contribution in [0.15, 0.2) is 36.4 Å². The molecule has 4 aliphatic rings. The molecule has 4 fully saturated rings. The molecule has 0 unspecified atom stereocenters. The van der Waals surface area contributed by atoms with Crippen LogP contribution in [-0.2, 0) is 19.1 Å². The van der Waals surface area contributed by atoms with Gasteiger partial charge in [-0.15, -0.1) is 0 Å². The number of aromatic nitrogens is 1. The van der Waals surface area contributed by atoms with E-state index in [1.165, 1.54) is 25.7 Å². The minimum absolute atomic E-state index is 0.00780. The maximum absolute atomic E-state index is 12.6. The molecule has 37 heavy (non-hydrogen) atoms. The lowest BCUT2D eigenvalue weighted by atomic mass is 9.57. The molecule has 0 radical (unpaired) electrons. The number of cyclic esters (lactones) is 1. The quantitative estimate of drug-likeness (QED) is 0.559. The van der Waals surface area contributed by atoms with E-state index >= 15 is 0 Å². The molecule has 6 atom stereocenters. The van der Waals surface area contributed by atoms with E-state index in [9.17, 15) is 9.59 Å². The monoisotopic (exact) mass is 504 g/mol. The molecule has 0 bridgehead atoms. The van der Waals surface area contributed by atoms with Gasteiger partial charge in [-0.25, -0.2) is 4.98 Å². The van der Waals surface area contributed by atoms with Gasteiger partial charge in [0.15, 0.2) is 6.61 Å². The fraction of sp³-hybridized carbons (Fsp3) is 0.567. The van der Waals surface area contributed by atoms with E-state index in [-0.39, 0.29) is 36.4 Å². The van der Waals surface area contributed by atoms with Crippen molar-refractivity contribution in [1.29, 1.82) is 0 Å².